The van der Waals surface area contributed by atoms with Crippen molar-refractivity contribution in [3.63, 3.8) is 0 Å². The highest BCUT2D eigenvalue weighted by Gasteiger charge is 2.30. The summed E-state index contributed by atoms with van der Waals surface area (Å²) in [5, 5.41) is 5.10. The SMILES string of the molecule is O=C(Nc1cccc(C(F)(F)F)c1)NC1CCC1. The van der Waals surface area contributed by atoms with Crippen LogP contribution in [0.2, 0.25) is 0 Å². The van der Waals surface area contributed by atoms with Crippen LogP contribution >= 0.6 is 0 Å². The largest absolute Gasteiger partial charge is 0.416 e. The molecule has 2 N–H and O–H groups in total. The van der Waals surface area contributed by atoms with Gasteiger partial charge in [0.25, 0.3) is 0 Å². The predicted molar refractivity (Wildman–Crippen MR) is 61.2 cm³/mol. The molecule has 1 aromatic carbocycles. The lowest BCUT2D eigenvalue weighted by Crippen LogP contribution is -2.41. The first-order valence-corrected chi connectivity index (χ1v) is 5.70. The van der Waals surface area contributed by atoms with Crippen LogP contribution in [-0.4, -0.2) is 12.1 Å². The molecule has 0 saturated heterocycles. The number of urea groups is 1. The van der Waals surface area contributed by atoms with Crippen LogP contribution in [-0.2, 0) is 6.18 Å². The topological polar surface area (TPSA) is 41.1 Å². The van der Waals surface area contributed by atoms with Gasteiger partial charge >= 0.3 is 12.2 Å². The minimum Gasteiger partial charge on any atom is -0.335 e. The van der Waals surface area contributed by atoms with Gasteiger partial charge in [-0.3, -0.25) is 0 Å². The van der Waals surface area contributed by atoms with Crippen molar-refractivity contribution in [3.8, 4) is 0 Å². The molecule has 0 aromatic heterocycles. The molecule has 0 spiro atoms. The summed E-state index contributed by atoms with van der Waals surface area (Å²) in [6.45, 7) is 0. The van der Waals surface area contributed by atoms with Gasteiger partial charge in [-0.1, -0.05) is 6.07 Å². The van der Waals surface area contributed by atoms with E-state index >= 15 is 0 Å². The highest BCUT2D eigenvalue weighted by Crippen LogP contribution is 2.30. The minimum absolute atomic E-state index is 0.140. The lowest BCUT2D eigenvalue weighted by atomic mass is 9.93. The van der Waals surface area contributed by atoms with Gasteiger partial charge in [-0.2, -0.15) is 13.2 Å². The van der Waals surface area contributed by atoms with E-state index < -0.39 is 17.8 Å². The number of hydrogen-bond acceptors (Lipinski definition) is 1. The van der Waals surface area contributed by atoms with Crippen LogP contribution in [0.3, 0.4) is 0 Å². The lowest BCUT2D eigenvalue weighted by molar-refractivity contribution is -0.137. The Bertz CT molecular complexity index is 441. The molecule has 1 saturated carbocycles. The fourth-order valence-corrected chi connectivity index (χ4v) is 1.68. The number of benzene rings is 1. The molecule has 18 heavy (non-hydrogen) atoms. The summed E-state index contributed by atoms with van der Waals surface area (Å²) in [4.78, 5) is 11.5. The third-order valence-electron chi connectivity index (χ3n) is 2.89. The van der Waals surface area contributed by atoms with E-state index in [2.05, 4.69) is 10.6 Å². The fourth-order valence-electron chi connectivity index (χ4n) is 1.68. The Morgan fingerprint density at radius 2 is 2.00 bits per heavy atom. The minimum atomic E-state index is -4.40. The normalized spacial score (nSPS) is 15.9. The fraction of sp³-hybridized carbons (Fsp3) is 0.417. The summed E-state index contributed by atoms with van der Waals surface area (Å²) in [5.41, 5.74) is -0.634. The number of hydrogen-bond donors (Lipinski definition) is 2. The maximum absolute atomic E-state index is 12.5. The van der Waals surface area contributed by atoms with E-state index in [1.807, 2.05) is 0 Å². The molecule has 1 aliphatic rings. The van der Waals surface area contributed by atoms with Crippen LogP contribution in [0, 0.1) is 0 Å². The molecule has 98 valence electrons. The first kappa shape index (κ1) is 12.7. The molecule has 0 aliphatic heterocycles. The zero-order valence-electron chi connectivity index (χ0n) is 9.55. The zero-order chi connectivity index (χ0) is 13.2. The molecule has 2 rings (SSSR count). The van der Waals surface area contributed by atoms with Crippen molar-refractivity contribution in [3.05, 3.63) is 29.8 Å². The molecule has 0 unspecified atom stereocenters. The van der Waals surface area contributed by atoms with Crippen molar-refractivity contribution in [2.45, 2.75) is 31.5 Å². The molecular formula is C12H13F3N2O. The average molecular weight is 258 g/mol. The van der Waals surface area contributed by atoms with Gasteiger partial charge in [0.1, 0.15) is 0 Å². The van der Waals surface area contributed by atoms with E-state index in [0.29, 0.717) is 0 Å². The van der Waals surface area contributed by atoms with Gasteiger partial charge in [0, 0.05) is 11.7 Å². The summed E-state index contributed by atoms with van der Waals surface area (Å²) in [7, 11) is 0. The highest BCUT2D eigenvalue weighted by molar-refractivity contribution is 5.89. The molecule has 1 aliphatic carbocycles. The number of carbonyl (C=O) groups excluding carboxylic acids is 1. The Hall–Kier alpha value is -1.72. The van der Waals surface area contributed by atoms with Crippen molar-refractivity contribution < 1.29 is 18.0 Å². The first-order valence-electron chi connectivity index (χ1n) is 5.70. The van der Waals surface area contributed by atoms with Gasteiger partial charge in [-0.25, -0.2) is 4.79 Å². The van der Waals surface area contributed by atoms with Crippen LogP contribution in [0.4, 0.5) is 23.7 Å². The Balaban J connectivity index is 1.98. The molecule has 2 amide bonds. The predicted octanol–water partition coefficient (Wildman–Crippen LogP) is 3.38. The van der Waals surface area contributed by atoms with Crippen molar-refractivity contribution in [2.75, 3.05) is 5.32 Å². The molecular weight excluding hydrogens is 245 g/mol. The third kappa shape index (κ3) is 3.15. The Kier molecular flexibility index (Phi) is 3.45. The van der Waals surface area contributed by atoms with Crippen LogP contribution in [0.1, 0.15) is 24.8 Å². The maximum Gasteiger partial charge on any atom is 0.416 e. The molecule has 1 fully saturated rings. The van der Waals surface area contributed by atoms with Gasteiger partial charge in [0.2, 0.25) is 0 Å². The van der Waals surface area contributed by atoms with E-state index in [1.54, 1.807) is 0 Å². The molecule has 3 nitrogen and oxygen atoms in total. The summed E-state index contributed by atoms with van der Waals surface area (Å²) >= 11 is 0. The van der Waals surface area contributed by atoms with Crippen LogP contribution < -0.4 is 10.6 Å². The molecule has 0 atom stereocenters. The van der Waals surface area contributed by atoms with Crippen molar-refractivity contribution in [1.82, 2.24) is 5.32 Å². The van der Waals surface area contributed by atoms with Crippen molar-refractivity contribution in [1.29, 1.82) is 0 Å². The number of rotatable bonds is 2. The number of anilines is 1. The van der Waals surface area contributed by atoms with E-state index in [9.17, 15) is 18.0 Å². The highest BCUT2D eigenvalue weighted by atomic mass is 19.4. The van der Waals surface area contributed by atoms with Gasteiger partial charge in [-0.15, -0.1) is 0 Å². The van der Waals surface area contributed by atoms with Crippen molar-refractivity contribution in [2.24, 2.45) is 0 Å². The van der Waals surface area contributed by atoms with E-state index in [1.165, 1.54) is 12.1 Å². The average Bonchev–Trinajstić information content (AvgIpc) is 2.23. The Morgan fingerprint density at radius 3 is 2.56 bits per heavy atom. The van der Waals surface area contributed by atoms with Crippen LogP contribution in [0.5, 0.6) is 0 Å². The maximum atomic E-state index is 12.5. The van der Waals surface area contributed by atoms with Crippen LogP contribution in [0.25, 0.3) is 0 Å². The number of carbonyl (C=O) groups is 1. The molecule has 0 bridgehead atoms. The van der Waals surface area contributed by atoms with Crippen LogP contribution in [0.15, 0.2) is 24.3 Å². The van der Waals surface area contributed by atoms with E-state index in [0.717, 1.165) is 31.4 Å². The monoisotopic (exact) mass is 258 g/mol. The Labute approximate surface area is 102 Å². The smallest absolute Gasteiger partial charge is 0.335 e. The molecule has 1 aromatic rings. The second-order valence-electron chi connectivity index (χ2n) is 4.30. The van der Waals surface area contributed by atoms with E-state index in [4.69, 9.17) is 0 Å². The Morgan fingerprint density at radius 1 is 1.28 bits per heavy atom. The summed E-state index contributed by atoms with van der Waals surface area (Å²) in [6, 6.07) is 4.27. The third-order valence-corrected chi connectivity index (χ3v) is 2.89. The summed E-state index contributed by atoms with van der Waals surface area (Å²) in [5.74, 6) is 0. The standard InChI is InChI=1S/C12H13F3N2O/c13-12(14,15)8-3-1-6-10(7-8)17-11(18)16-9-4-2-5-9/h1,3,6-7,9H,2,4-5H2,(H2,16,17,18). The van der Waals surface area contributed by atoms with Crippen molar-refractivity contribution >= 4 is 11.7 Å². The van der Waals surface area contributed by atoms with Gasteiger partial charge in [0.15, 0.2) is 0 Å². The lowest BCUT2D eigenvalue weighted by Gasteiger charge is -2.26. The van der Waals surface area contributed by atoms with Gasteiger partial charge in [0.05, 0.1) is 5.56 Å². The molecule has 6 heteroatoms. The summed E-state index contributed by atoms with van der Waals surface area (Å²) < 4.78 is 37.4. The first-order chi connectivity index (χ1) is 8.45. The summed E-state index contributed by atoms with van der Waals surface area (Å²) in [6.07, 6.45) is -1.47. The number of amides is 2. The number of halogens is 3. The quantitative estimate of drug-likeness (QED) is 0.838. The number of alkyl halides is 3. The molecule has 0 radical (unpaired) electrons. The zero-order valence-corrected chi connectivity index (χ0v) is 9.55. The second kappa shape index (κ2) is 4.88. The van der Waals surface area contributed by atoms with Gasteiger partial charge < -0.3 is 10.6 Å². The number of nitrogens with one attached hydrogen (secondary N) is 2. The van der Waals surface area contributed by atoms with Gasteiger partial charge in [-0.05, 0) is 37.5 Å². The van der Waals surface area contributed by atoms with E-state index in [-0.39, 0.29) is 11.7 Å². The molecule has 0 heterocycles. The second-order valence-corrected chi connectivity index (χ2v) is 4.30.